The maximum absolute atomic E-state index is 12.6. The zero-order chi connectivity index (χ0) is 18.8. The molecule has 3 rings (SSSR count). The minimum Gasteiger partial charge on any atom is -0.304 e. The highest BCUT2D eigenvalue weighted by atomic mass is 16.6. The number of anilines is 1. The number of para-hydroxylation sites is 1. The van der Waals surface area contributed by atoms with Crippen LogP contribution >= 0.6 is 0 Å². The van der Waals surface area contributed by atoms with Gasteiger partial charge in [0.2, 0.25) is 5.69 Å². The van der Waals surface area contributed by atoms with E-state index < -0.39 is 10.8 Å². The molecule has 0 bridgehead atoms. The van der Waals surface area contributed by atoms with Gasteiger partial charge in [0, 0.05) is 7.05 Å². The van der Waals surface area contributed by atoms with Crippen LogP contribution in [-0.2, 0) is 7.05 Å². The van der Waals surface area contributed by atoms with Crippen LogP contribution < -0.4 is 5.32 Å². The molecule has 0 aliphatic carbocycles. The Bertz CT molecular complexity index is 1040. The van der Waals surface area contributed by atoms with Crippen LogP contribution in [0.3, 0.4) is 0 Å². The molecule has 0 aliphatic rings. The minimum absolute atomic E-state index is 0.112. The number of aryl methyl sites for hydroxylation is 1. The lowest BCUT2D eigenvalue weighted by molar-refractivity contribution is -0.385. The molecule has 0 aliphatic heterocycles. The predicted octanol–water partition coefficient (Wildman–Crippen LogP) is 1.95. The van der Waals surface area contributed by atoms with Gasteiger partial charge in [-0.2, -0.15) is 15.5 Å². The highest BCUT2D eigenvalue weighted by Gasteiger charge is 2.30. The Morgan fingerprint density at radius 1 is 1.35 bits per heavy atom. The van der Waals surface area contributed by atoms with E-state index in [1.54, 1.807) is 24.3 Å². The smallest absolute Gasteiger partial charge is 0.304 e. The minimum atomic E-state index is -0.797. The normalized spacial score (nSPS) is 10.3. The average Bonchev–Trinajstić information content (AvgIpc) is 3.16. The van der Waals surface area contributed by atoms with E-state index >= 15 is 0 Å². The summed E-state index contributed by atoms with van der Waals surface area (Å²) in [5.74, 6) is -0.684. The lowest BCUT2D eigenvalue weighted by Gasteiger charge is -2.08. The van der Waals surface area contributed by atoms with E-state index in [1.165, 1.54) is 29.5 Å². The van der Waals surface area contributed by atoms with Crippen molar-refractivity contribution in [1.29, 1.82) is 5.26 Å². The highest BCUT2D eigenvalue weighted by molar-refractivity contribution is 6.06. The summed E-state index contributed by atoms with van der Waals surface area (Å²) in [5.41, 5.74) is 0.278. The number of nitrogens with one attached hydrogen (secondary N) is 1. The Morgan fingerprint density at radius 3 is 2.65 bits per heavy atom. The first-order valence-electron chi connectivity index (χ1n) is 7.47. The summed E-state index contributed by atoms with van der Waals surface area (Å²) < 4.78 is 2.63. The van der Waals surface area contributed by atoms with Gasteiger partial charge in [0.1, 0.15) is 17.3 Å². The number of aromatic nitrogens is 4. The second kappa shape index (κ2) is 6.48. The molecule has 0 unspecified atom stereocenters. The van der Waals surface area contributed by atoms with Gasteiger partial charge in [-0.1, -0.05) is 18.2 Å². The number of benzene rings is 1. The lowest BCUT2D eigenvalue weighted by Crippen LogP contribution is -2.18. The van der Waals surface area contributed by atoms with Gasteiger partial charge in [0.25, 0.3) is 5.91 Å². The van der Waals surface area contributed by atoms with E-state index in [2.05, 4.69) is 15.5 Å². The van der Waals surface area contributed by atoms with Crippen molar-refractivity contribution in [2.75, 3.05) is 5.32 Å². The third-order valence-electron chi connectivity index (χ3n) is 3.82. The van der Waals surface area contributed by atoms with Gasteiger partial charge in [-0.3, -0.25) is 19.6 Å². The Labute approximate surface area is 147 Å². The van der Waals surface area contributed by atoms with Gasteiger partial charge in [-0.15, -0.1) is 0 Å². The Balaban J connectivity index is 2.04. The van der Waals surface area contributed by atoms with Crippen LogP contribution in [0.25, 0.3) is 5.69 Å². The lowest BCUT2D eigenvalue weighted by atomic mass is 10.2. The maximum atomic E-state index is 12.6. The molecular formula is C16H13N7O3. The number of nitrogens with zero attached hydrogens (tertiary/aromatic N) is 6. The Hall–Kier alpha value is -4.00. The van der Waals surface area contributed by atoms with Gasteiger partial charge in [-0.05, 0) is 19.1 Å². The topological polar surface area (TPSA) is 132 Å². The first kappa shape index (κ1) is 16.8. The molecule has 0 saturated carbocycles. The number of carbonyl (C=O) groups excluding carboxylic acids is 1. The van der Waals surface area contributed by atoms with E-state index in [0.29, 0.717) is 5.69 Å². The molecule has 1 amide bonds. The van der Waals surface area contributed by atoms with Crippen molar-refractivity contribution in [1.82, 2.24) is 19.6 Å². The molecule has 10 nitrogen and oxygen atoms in total. The largest absolute Gasteiger partial charge is 0.322 e. The number of amides is 1. The molecule has 130 valence electrons. The predicted molar refractivity (Wildman–Crippen MR) is 90.8 cm³/mol. The summed E-state index contributed by atoms with van der Waals surface area (Å²) in [6, 6.07) is 10.8. The molecule has 2 aromatic heterocycles. The fourth-order valence-electron chi connectivity index (χ4n) is 2.45. The van der Waals surface area contributed by atoms with Crippen molar-refractivity contribution in [3.63, 3.8) is 0 Å². The molecule has 1 N–H and O–H groups in total. The second-order valence-electron chi connectivity index (χ2n) is 5.38. The van der Waals surface area contributed by atoms with Crippen LogP contribution in [0.1, 0.15) is 21.7 Å². The maximum Gasteiger partial charge on any atom is 0.322 e. The summed E-state index contributed by atoms with van der Waals surface area (Å²) in [7, 11) is 1.51. The summed E-state index contributed by atoms with van der Waals surface area (Å²) in [6.45, 7) is 1.50. The molecule has 0 radical (unpaired) electrons. The molecule has 0 spiro atoms. The van der Waals surface area contributed by atoms with Crippen molar-refractivity contribution in [3.8, 4) is 11.8 Å². The summed E-state index contributed by atoms with van der Waals surface area (Å²) in [4.78, 5) is 23.2. The van der Waals surface area contributed by atoms with Gasteiger partial charge >= 0.3 is 5.69 Å². The van der Waals surface area contributed by atoms with Crippen LogP contribution in [0.5, 0.6) is 0 Å². The number of nitriles is 1. The van der Waals surface area contributed by atoms with Crippen molar-refractivity contribution in [2.24, 2.45) is 7.05 Å². The zero-order valence-corrected chi connectivity index (χ0v) is 13.9. The van der Waals surface area contributed by atoms with Crippen molar-refractivity contribution in [2.45, 2.75) is 6.92 Å². The van der Waals surface area contributed by atoms with Crippen molar-refractivity contribution >= 4 is 17.4 Å². The van der Waals surface area contributed by atoms with Crippen LogP contribution in [-0.4, -0.2) is 30.4 Å². The van der Waals surface area contributed by atoms with Crippen LogP contribution in [0.15, 0.2) is 36.5 Å². The van der Waals surface area contributed by atoms with Gasteiger partial charge < -0.3 is 5.32 Å². The fourth-order valence-corrected chi connectivity index (χ4v) is 2.45. The second-order valence-corrected chi connectivity index (χ2v) is 5.38. The molecule has 3 aromatic rings. The van der Waals surface area contributed by atoms with Crippen molar-refractivity contribution in [3.05, 3.63) is 63.6 Å². The van der Waals surface area contributed by atoms with E-state index in [0.717, 1.165) is 0 Å². The monoisotopic (exact) mass is 351 g/mol. The summed E-state index contributed by atoms with van der Waals surface area (Å²) >= 11 is 0. The molecule has 1 aromatic carbocycles. The third-order valence-corrected chi connectivity index (χ3v) is 3.82. The number of carbonyl (C=O) groups is 1. The van der Waals surface area contributed by atoms with Crippen LogP contribution in [0.2, 0.25) is 0 Å². The van der Waals surface area contributed by atoms with E-state index in [1.807, 2.05) is 12.1 Å². The quantitative estimate of drug-likeness (QED) is 0.564. The van der Waals surface area contributed by atoms with E-state index in [4.69, 9.17) is 0 Å². The van der Waals surface area contributed by atoms with Crippen LogP contribution in [0, 0.1) is 28.4 Å². The first-order chi connectivity index (χ1) is 12.4. The van der Waals surface area contributed by atoms with E-state index in [9.17, 15) is 20.2 Å². The average molecular weight is 351 g/mol. The molecule has 10 heteroatoms. The van der Waals surface area contributed by atoms with Crippen LogP contribution in [0.4, 0.5) is 11.5 Å². The van der Waals surface area contributed by atoms with Crippen molar-refractivity contribution < 1.29 is 9.72 Å². The number of nitro groups is 1. The Morgan fingerprint density at radius 2 is 2.04 bits per heavy atom. The van der Waals surface area contributed by atoms with Gasteiger partial charge in [-0.25, -0.2) is 4.68 Å². The number of hydrogen-bond acceptors (Lipinski definition) is 6. The molecule has 0 fully saturated rings. The SMILES string of the molecule is Cc1c([N+](=O)[O-])c(C(=O)Nc2c(C#N)cnn2-c2ccccc2)nn1C. The molecular weight excluding hydrogens is 338 g/mol. The number of rotatable bonds is 4. The standard InChI is InChI=1S/C16H13N7O3/c1-10-14(23(25)26)13(20-21(10)2)16(24)19-15-11(8-17)9-18-22(15)12-6-4-3-5-7-12/h3-7,9H,1-2H3,(H,19,24). The van der Waals surface area contributed by atoms with E-state index in [-0.39, 0.29) is 28.5 Å². The molecule has 2 heterocycles. The van der Waals surface area contributed by atoms with Gasteiger partial charge in [0.05, 0.1) is 16.8 Å². The third kappa shape index (κ3) is 2.78. The summed E-state index contributed by atoms with van der Waals surface area (Å²) in [6.07, 6.45) is 1.31. The fraction of sp³-hybridized carbons (Fsp3) is 0.125. The number of hydrogen-bond donors (Lipinski definition) is 1. The summed E-state index contributed by atoms with van der Waals surface area (Å²) in [5, 5.41) is 31.1. The molecule has 26 heavy (non-hydrogen) atoms. The van der Waals surface area contributed by atoms with Gasteiger partial charge in [0.15, 0.2) is 5.82 Å². The zero-order valence-electron chi connectivity index (χ0n) is 13.9. The first-order valence-corrected chi connectivity index (χ1v) is 7.47. The molecule has 0 saturated heterocycles. The Kier molecular flexibility index (Phi) is 4.20. The highest BCUT2D eigenvalue weighted by Crippen LogP contribution is 2.25. The molecule has 0 atom stereocenters.